The third kappa shape index (κ3) is 2.26. The number of rotatable bonds is 3. The maximum atomic E-state index is 13.0. The van der Waals surface area contributed by atoms with E-state index in [-0.39, 0.29) is 5.56 Å². The molecule has 0 aliphatic carbocycles. The van der Waals surface area contributed by atoms with Crippen molar-refractivity contribution in [3.8, 4) is 0 Å². The summed E-state index contributed by atoms with van der Waals surface area (Å²) in [6.07, 6.45) is -0.502. The van der Waals surface area contributed by atoms with Crippen LogP contribution in [0.1, 0.15) is 18.0 Å². The Morgan fingerprint density at radius 3 is 2.36 bits per heavy atom. The van der Waals surface area contributed by atoms with Crippen molar-refractivity contribution < 1.29 is 18.7 Å². The van der Waals surface area contributed by atoms with E-state index in [1.54, 1.807) is 0 Å². The lowest BCUT2D eigenvalue weighted by molar-refractivity contribution is -0.137. The number of hydrogen-bond acceptors (Lipinski definition) is 2. The predicted octanol–water partition coefficient (Wildman–Crippen LogP) is 1.44. The molecule has 5 heteroatoms. The molecule has 0 amide bonds. The summed E-state index contributed by atoms with van der Waals surface area (Å²) in [5.74, 6) is -2.84. The zero-order valence-corrected chi connectivity index (χ0v) is 7.21. The molecule has 0 aliphatic heterocycles. The van der Waals surface area contributed by atoms with Gasteiger partial charge in [0.1, 0.15) is 11.6 Å². The first-order valence-corrected chi connectivity index (χ1v) is 3.93. The minimum absolute atomic E-state index is 0.380. The summed E-state index contributed by atoms with van der Waals surface area (Å²) in [4.78, 5) is 10.3. The first-order chi connectivity index (χ1) is 6.52. The first kappa shape index (κ1) is 10.6. The van der Waals surface area contributed by atoms with Gasteiger partial charge in [0.05, 0.1) is 6.42 Å². The Labute approximate surface area is 79.2 Å². The van der Waals surface area contributed by atoms with Gasteiger partial charge in [-0.3, -0.25) is 4.79 Å². The molecule has 14 heavy (non-hydrogen) atoms. The van der Waals surface area contributed by atoms with E-state index in [2.05, 4.69) is 0 Å². The summed E-state index contributed by atoms with van der Waals surface area (Å²) in [5.41, 5.74) is 4.96. The average Bonchev–Trinajstić information content (AvgIpc) is 2.01. The van der Waals surface area contributed by atoms with Crippen molar-refractivity contribution in [2.75, 3.05) is 0 Å². The molecule has 1 aromatic rings. The van der Waals surface area contributed by atoms with Crippen LogP contribution in [0.15, 0.2) is 18.2 Å². The van der Waals surface area contributed by atoms with E-state index in [1.165, 1.54) is 6.07 Å². The van der Waals surface area contributed by atoms with E-state index in [4.69, 9.17) is 10.8 Å². The molecule has 0 heterocycles. The predicted molar refractivity (Wildman–Crippen MR) is 45.5 cm³/mol. The number of aliphatic carboxylic acids is 1. The van der Waals surface area contributed by atoms with Crippen LogP contribution in [0.25, 0.3) is 0 Å². The topological polar surface area (TPSA) is 63.3 Å². The molecule has 1 unspecified atom stereocenters. The number of carbonyl (C=O) groups is 1. The van der Waals surface area contributed by atoms with Crippen LogP contribution in [-0.2, 0) is 4.79 Å². The highest BCUT2D eigenvalue weighted by atomic mass is 19.1. The highest BCUT2D eigenvalue weighted by Gasteiger charge is 2.18. The summed E-state index contributed by atoms with van der Waals surface area (Å²) in [6, 6.07) is 2.12. The monoisotopic (exact) mass is 201 g/mol. The summed E-state index contributed by atoms with van der Waals surface area (Å²) in [5, 5.41) is 8.40. The number of carboxylic acid groups (broad SMARTS) is 1. The standard InChI is InChI=1S/C9H9F2NO2/c10-5-2-1-3-6(11)9(5)7(12)4-8(13)14/h1-3,7H,4,12H2,(H,13,14). The van der Waals surface area contributed by atoms with Gasteiger partial charge in [-0.15, -0.1) is 0 Å². The molecule has 3 nitrogen and oxygen atoms in total. The first-order valence-electron chi connectivity index (χ1n) is 3.93. The van der Waals surface area contributed by atoms with E-state index < -0.39 is 30.1 Å². The lowest BCUT2D eigenvalue weighted by Gasteiger charge is -2.10. The van der Waals surface area contributed by atoms with Crippen molar-refractivity contribution in [1.82, 2.24) is 0 Å². The van der Waals surface area contributed by atoms with Crippen LogP contribution in [-0.4, -0.2) is 11.1 Å². The molecule has 0 radical (unpaired) electrons. The largest absolute Gasteiger partial charge is 0.481 e. The van der Waals surface area contributed by atoms with Gasteiger partial charge in [0, 0.05) is 11.6 Å². The van der Waals surface area contributed by atoms with Crippen LogP contribution in [0.5, 0.6) is 0 Å². The van der Waals surface area contributed by atoms with E-state index >= 15 is 0 Å². The molecule has 0 aromatic heterocycles. The number of nitrogens with two attached hydrogens (primary N) is 1. The molecular formula is C9H9F2NO2. The van der Waals surface area contributed by atoms with E-state index in [0.717, 1.165) is 12.1 Å². The molecule has 1 atom stereocenters. The molecule has 0 bridgehead atoms. The Morgan fingerprint density at radius 1 is 1.43 bits per heavy atom. The number of benzene rings is 1. The summed E-state index contributed by atoms with van der Waals surface area (Å²) in [6.45, 7) is 0. The lowest BCUT2D eigenvalue weighted by Crippen LogP contribution is -2.17. The second kappa shape index (κ2) is 4.15. The van der Waals surface area contributed by atoms with Crippen molar-refractivity contribution >= 4 is 5.97 Å². The van der Waals surface area contributed by atoms with Gasteiger partial charge in [0.25, 0.3) is 0 Å². The molecule has 0 saturated carbocycles. The highest BCUT2D eigenvalue weighted by Crippen LogP contribution is 2.20. The van der Waals surface area contributed by atoms with Crippen LogP contribution >= 0.6 is 0 Å². The van der Waals surface area contributed by atoms with Crippen LogP contribution in [0.3, 0.4) is 0 Å². The van der Waals surface area contributed by atoms with Crippen molar-refractivity contribution in [3.05, 3.63) is 35.4 Å². The van der Waals surface area contributed by atoms with Crippen molar-refractivity contribution in [2.24, 2.45) is 5.73 Å². The number of halogens is 2. The fraction of sp³-hybridized carbons (Fsp3) is 0.222. The number of carboxylic acids is 1. The Morgan fingerprint density at radius 2 is 1.93 bits per heavy atom. The summed E-state index contributed by atoms with van der Waals surface area (Å²) < 4.78 is 26.1. The van der Waals surface area contributed by atoms with Gasteiger partial charge in [0.2, 0.25) is 0 Å². The van der Waals surface area contributed by atoms with Crippen LogP contribution in [0.4, 0.5) is 8.78 Å². The molecule has 0 saturated heterocycles. The third-order valence-corrected chi connectivity index (χ3v) is 1.77. The quantitative estimate of drug-likeness (QED) is 0.777. The van der Waals surface area contributed by atoms with Crippen molar-refractivity contribution in [3.63, 3.8) is 0 Å². The Kier molecular flexibility index (Phi) is 3.14. The smallest absolute Gasteiger partial charge is 0.305 e. The Balaban J connectivity index is 2.99. The van der Waals surface area contributed by atoms with Gasteiger partial charge < -0.3 is 10.8 Å². The number of hydrogen-bond donors (Lipinski definition) is 2. The zero-order valence-electron chi connectivity index (χ0n) is 7.21. The highest BCUT2D eigenvalue weighted by molar-refractivity contribution is 5.67. The second-order valence-electron chi connectivity index (χ2n) is 2.84. The van der Waals surface area contributed by atoms with Crippen molar-refractivity contribution in [2.45, 2.75) is 12.5 Å². The molecule has 0 spiro atoms. The fourth-order valence-corrected chi connectivity index (χ4v) is 1.16. The molecular weight excluding hydrogens is 192 g/mol. The minimum Gasteiger partial charge on any atom is -0.481 e. The van der Waals surface area contributed by atoms with Gasteiger partial charge >= 0.3 is 5.97 Å². The normalized spacial score (nSPS) is 12.5. The minimum atomic E-state index is -1.19. The van der Waals surface area contributed by atoms with Gasteiger partial charge in [-0.25, -0.2) is 8.78 Å². The van der Waals surface area contributed by atoms with E-state index in [0.29, 0.717) is 0 Å². The summed E-state index contributed by atoms with van der Waals surface area (Å²) in [7, 11) is 0. The Hall–Kier alpha value is -1.49. The maximum absolute atomic E-state index is 13.0. The fourth-order valence-electron chi connectivity index (χ4n) is 1.16. The lowest BCUT2D eigenvalue weighted by atomic mass is 10.0. The van der Waals surface area contributed by atoms with Gasteiger partial charge in [-0.05, 0) is 12.1 Å². The molecule has 0 aliphatic rings. The van der Waals surface area contributed by atoms with E-state index in [9.17, 15) is 13.6 Å². The molecule has 1 rings (SSSR count). The third-order valence-electron chi connectivity index (χ3n) is 1.77. The average molecular weight is 201 g/mol. The molecule has 76 valence electrons. The molecule has 0 fully saturated rings. The van der Waals surface area contributed by atoms with Gasteiger partial charge in [0.15, 0.2) is 0 Å². The van der Waals surface area contributed by atoms with Crippen molar-refractivity contribution in [1.29, 1.82) is 0 Å². The van der Waals surface area contributed by atoms with Gasteiger partial charge in [-0.2, -0.15) is 0 Å². The Bertz CT molecular complexity index is 334. The van der Waals surface area contributed by atoms with Crippen LogP contribution < -0.4 is 5.73 Å². The summed E-state index contributed by atoms with van der Waals surface area (Å²) >= 11 is 0. The molecule has 3 N–H and O–H groups in total. The van der Waals surface area contributed by atoms with Crippen LogP contribution in [0.2, 0.25) is 0 Å². The second-order valence-corrected chi connectivity index (χ2v) is 2.84. The molecule has 1 aromatic carbocycles. The van der Waals surface area contributed by atoms with Gasteiger partial charge in [-0.1, -0.05) is 6.07 Å². The zero-order chi connectivity index (χ0) is 10.7. The van der Waals surface area contributed by atoms with Crippen LogP contribution in [0, 0.1) is 11.6 Å². The van der Waals surface area contributed by atoms with E-state index in [1.807, 2.05) is 0 Å². The SMILES string of the molecule is NC(CC(=O)O)c1c(F)cccc1F. The maximum Gasteiger partial charge on any atom is 0.305 e.